The fraction of sp³-hybridized carbons (Fsp3) is 0.154. The van der Waals surface area contributed by atoms with Gasteiger partial charge in [0.1, 0.15) is 18.2 Å². The van der Waals surface area contributed by atoms with Gasteiger partial charge in [0.15, 0.2) is 11.5 Å². The van der Waals surface area contributed by atoms with Crippen LogP contribution in [0.25, 0.3) is 6.08 Å². The van der Waals surface area contributed by atoms with E-state index in [1.807, 2.05) is 38.1 Å². The number of nitrogens with one attached hydrogen (secondary N) is 1. The predicted molar refractivity (Wildman–Crippen MR) is 145 cm³/mol. The molecule has 5 nitrogen and oxygen atoms in total. The zero-order valence-corrected chi connectivity index (χ0v) is 22.4. The molecular weight excluding hydrogens is 586 g/mol. The molecule has 0 heterocycles. The van der Waals surface area contributed by atoms with E-state index < -0.39 is 5.91 Å². The van der Waals surface area contributed by atoms with E-state index in [1.165, 1.54) is 13.2 Å². The quantitative estimate of drug-likeness (QED) is 0.173. The average molecular weight is 607 g/mol. The van der Waals surface area contributed by atoms with Crippen molar-refractivity contribution < 1.29 is 14.3 Å². The summed E-state index contributed by atoms with van der Waals surface area (Å²) in [5, 5.41) is 13.5. The smallest absolute Gasteiger partial charge is 0.266 e. The van der Waals surface area contributed by atoms with E-state index in [0.717, 1.165) is 14.7 Å². The van der Waals surface area contributed by atoms with Crippen LogP contribution in [0.3, 0.4) is 0 Å². The number of rotatable bonds is 7. The molecule has 0 fully saturated rings. The van der Waals surface area contributed by atoms with Crippen molar-refractivity contribution in [3.05, 3.63) is 90.0 Å². The van der Waals surface area contributed by atoms with E-state index in [-0.39, 0.29) is 12.2 Å². The van der Waals surface area contributed by atoms with E-state index in [1.54, 1.807) is 30.3 Å². The summed E-state index contributed by atoms with van der Waals surface area (Å²) in [4.78, 5) is 12.8. The Hall–Kier alpha value is -2.73. The molecule has 0 aliphatic carbocycles. The third kappa shape index (κ3) is 6.03. The van der Waals surface area contributed by atoms with Crippen LogP contribution in [0, 0.1) is 28.7 Å². The van der Waals surface area contributed by atoms with Crippen LogP contribution in [0.5, 0.6) is 11.5 Å². The maximum atomic E-state index is 12.8. The molecule has 1 N–H and O–H groups in total. The van der Waals surface area contributed by atoms with Gasteiger partial charge in [0, 0.05) is 21.3 Å². The lowest BCUT2D eigenvalue weighted by molar-refractivity contribution is -0.112. The lowest BCUT2D eigenvalue weighted by Gasteiger charge is -2.15. The van der Waals surface area contributed by atoms with Gasteiger partial charge in [-0.1, -0.05) is 47.5 Å². The highest BCUT2D eigenvalue weighted by molar-refractivity contribution is 14.1. The Morgan fingerprint density at radius 3 is 2.32 bits per heavy atom. The summed E-state index contributed by atoms with van der Waals surface area (Å²) >= 11 is 14.6. The second kappa shape index (κ2) is 11.6. The first-order valence-electron chi connectivity index (χ1n) is 10.2. The van der Waals surface area contributed by atoms with Gasteiger partial charge in [0.05, 0.1) is 10.7 Å². The number of anilines is 1. The molecule has 0 radical (unpaired) electrons. The number of nitrogens with zero attached hydrogens (tertiary/aromatic N) is 1. The minimum absolute atomic E-state index is 0.0305. The molecule has 0 atom stereocenters. The molecule has 0 aliphatic rings. The number of amides is 1. The Kier molecular flexibility index (Phi) is 8.84. The van der Waals surface area contributed by atoms with Crippen molar-refractivity contribution in [3.63, 3.8) is 0 Å². The molecule has 0 aromatic heterocycles. The highest BCUT2D eigenvalue weighted by Crippen LogP contribution is 2.36. The number of methoxy groups -OCH3 is 1. The molecule has 3 rings (SSSR count). The number of carbonyl (C=O) groups excluding carboxylic acids is 1. The van der Waals surface area contributed by atoms with Crippen LogP contribution in [-0.4, -0.2) is 13.0 Å². The summed E-state index contributed by atoms with van der Waals surface area (Å²) in [5.74, 6) is 0.478. The highest BCUT2D eigenvalue weighted by Gasteiger charge is 2.16. The Balaban J connectivity index is 1.87. The standard InChI is InChI=1S/C26H21Cl2IN2O3/c1-15-6-4-7-16(2)24(15)31-26(32)18(13-30)10-17-11-22(29)25(23(12-17)33-3)34-14-19-20(27)8-5-9-21(19)28/h4-12H,14H2,1-3H3,(H,31,32)/b18-10-. The van der Waals surface area contributed by atoms with Gasteiger partial charge in [-0.3, -0.25) is 4.79 Å². The molecule has 0 saturated heterocycles. The monoisotopic (exact) mass is 606 g/mol. The molecule has 0 aliphatic heterocycles. The fourth-order valence-electron chi connectivity index (χ4n) is 3.29. The fourth-order valence-corrected chi connectivity index (χ4v) is 4.57. The van der Waals surface area contributed by atoms with Crippen molar-refractivity contribution in [2.24, 2.45) is 0 Å². The number of hydrogen-bond acceptors (Lipinski definition) is 4. The van der Waals surface area contributed by atoms with Crippen molar-refractivity contribution in [1.82, 2.24) is 0 Å². The molecule has 34 heavy (non-hydrogen) atoms. The van der Waals surface area contributed by atoms with Crippen LogP contribution < -0.4 is 14.8 Å². The van der Waals surface area contributed by atoms with Crippen molar-refractivity contribution in [2.75, 3.05) is 12.4 Å². The summed E-state index contributed by atoms with van der Waals surface area (Å²) in [7, 11) is 1.52. The second-order valence-electron chi connectivity index (χ2n) is 7.41. The van der Waals surface area contributed by atoms with Gasteiger partial charge in [-0.05, 0) is 83.5 Å². The molecule has 174 valence electrons. The topological polar surface area (TPSA) is 71.3 Å². The zero-order chi connectivity index (χ0) is 24.8. The summed E-state index contributed by atoms with van der Waals surface area (Å²) in [6.45, 7) is 3.96. The van der Waals surface area contributed by atoms with Gasteiger partial charge in [-0.2, -0.15) is 5.26 Å². The molecule has 0 unspecified atom stereocenters. The Morgan fingerprint density at radius 1 is 1.12 bits per heavy atom. The molecule has 0 spiro atoms. The lowest BCUT2D eigenvalue weighted by Crippen LogP contribution is -2.15. The van der Waals surface area contributed by atoms with Gasteiger partial charge in [0.25, 0.3) is 5.91 Å². The zero-order valence-electron chi connectivity index (χ0n) is 18.7. The van der Waals surface area contributed by atoms with Gasteiger partial charge in [0.2, 0.25) is 0 Å². The first kappa shape index (κ1) is 25.9. The SMILES string of the molecule is COc1cc(/C=C(/C#N)C(=O)Nc2c(C)cccc2C)cc(I)c1OCc1c(Cl)cccc1Cl. The van der Waals surface area contributed by atoms with Gasteiger partial charge < -0.3 is 14.8 Å². The van der Waals surface area contributed by atoms with Crippen LogP contribution in [0.4, 0.5) is 5.69 Å². The number of carbonyl (C=O) groups is 1. The third-order valence-electron chi connectivity index (χ3n) is 5.07. The predicted octanol–water partition coefficient (Wildman–Crippen LogP) is 7.35. The molecule has 0 saturated carbocycles. The number of ether oxygens (including phenoxy) is 2. The second-order valence-corrected chi connectivity index (χ2v) is 9.39. The maximum Gasteiger partial charge on any atom is 0.266 e. The van der Waals surface area contributed by atoms with Crippen LogP contribution in [0.1, 0.15) is 22.3 Å². The van der Waals surface area contributed by atoms with Crippen LogP contribution in [0.2, 0.25) is 10.0 Å². The molecule has 3 aromatic carbocycles. The molecule has 0 bridgehead atoms. The van der Waals surface area contributed by atoms with E-state index in [9.17, 15) is 10.1 Å². The van der Waals surface area contributed by atoms with Crippen molar-refractivity contribution in [2.45, 2.75) is 20.5 Å². The van der Waals surface area contributed by atoms with Gasteiger partial charge in [-0.25, -0.2) is 0 Å². The maximum absolute atomic E-state index is 12.8. The third-order valence-corrected chi connectivity index (χ3v) is 6.58. The number of hydrogen-bond donors (Lipinski definition) is 1. The van der Waals surface area contributed by atoms with Crippen molar-refractivity contribution in [3.8, 4) is 17.6 Å². The normalized spacial score (nSPS) is 11.0. The summed E-state index contributed by atoms with van der Waals surface area (Å²) in [5.41, 5.74) is 3.80. The van der Waals surface area contributed by atoms with Gasteiger partial charge >= 0.3 is 0 Å². The molecule has 8 heteroatoms. The number of para-hydroxylation sites is 1. The minimum atomic E-state index is -0.484. The summed E-state index contributed by atoms with van der Waals surface area (Å²) in [6.07, 6.45) is 1.52. The molecule has 1 amide bonds. The Labute approximate surface area is 222 Å². The highest BCUT2D eigenvalue weighted by atomic mass is 127. The lowest BCUT2D eigenvalue weighted by atomic mass is 10.1. The Bertz CT molecular complexity index is 1280. The van der Waals surface area contributed by atoms with Crippen molar-refractivity contribution >= 4 is 63.5 Å². The minimum Gasteiger partial charge on any atom is -0.493 e. The average Bonchev–Trinajstić information content (AvgIpc) is 2.80. The number of halogens is 3. The number of benzene rings is 3. The number of aryl methyl sites for hydroxylation is 2. The summed E-state index contributed by atoms with van der Waals surface area (Å²) in [6, 6.07) is 16.5. The van der Waals surface area contributed by atoms with Gasteiger partial charge in [-0.15, -0.1) is 0 Å². The number of nitriles is 1. The van der Waals surface area contributed by atoms with Crippen LogP contribution in [0.15, 0.2) is 54.1 Å². The van der Waals surface area contributed by atoms with E-state index in [0.29, 0.717) is 38.4 Å². The van der Waals surface area contributed by atoms with Crippen LogP contribution >= 0.6 is 45.8 Å². The van der Waals surface area contributed by atoms with E-state index in [2.05, 4.69) is 27.9 Å². The largest absolute Gasteiger partial charge is 0.493 e. The molecule has 3 aromatic rings. The molecular formula is C26H21Cl2IN2O3. The van der Waals surface area contributed by atoms with E-state index >= 15 is 0 Å². The van der Waals surface area contributed by atoms with Crippen LogP contribution in [-0.2, 0) is 11.4 Å². The van der Waals surface area contributed by atoms with E-state index in [4.69, 9.17) is 32.7 Å². The van der Waals surface area contributed by atoms with Crippen molar-refractivity contribution in [1.29, 1.82) is 5.26 Å². The Morgan fingerprint density at radius 2 is 1.74 bits per heavy atom. The first-order valence-corrected chi connectivity index (χ1v) is 12.0. The first-order chi connectivity index (χ1) is 16.2. The summed E-state index contributed by atoms with van der Waals surface area (Å²) < 4.78 is 12.2.